The minimum Gasteiger partial charge on any atom is -0.390 e. The molecule has 4 nitrogen and oxygen atoms in total. The van der Waals surface area contributed by atoms with Crippen LogP contribution in [0.5, 0.6) is 0 Å². The van der Waals surface area contributed by atoms with Gasteiger partial charge in [0.1, 0.15) is 0 Å². The summed E-state index contributed by atoms with van der Waals surface area (Å²) in [6.45, 7) is 3.40. The summed E-state index contributed by atoms with van der Waals surface area (Å²) in [5.74, 6) is 0.605. The van der Waals surface area contributed by atoms with Crippen LogP contribution in [0.3, 0.4) is 0 Å². The molecular weight excluding hydrogens is 250 g/mol. The minimum absolute atomic E-state index is 0.357. The lowest BCUT2D eigenvalue weighted by Crippen LogP contribution is -2.33. The summed E-state index contributed by atoms with van der Waals surface area (Å²) in [5.41, 5.74) is 1.41. The Morgan fingerprint density at radius 2 is 2.05 bits per heavy atom. The molecule has 0 amide bonds. The Kier molecular flexibility index (Phi) is 4.14. The molecule has 0 aliphatic carbocycles. The average molecular weight is 271 g/mol. The van der Waals surface area contributed by atoms with Crippen LogP contribution in [0.25, 0.3) is 0 Å². The number of hydrogen-bond acceptors (Lipinski definition) is 3. The molecule has 1 saturated heterocycles. The van der Waals surface area contributed by atoms with E-state index in [2.05, 4.69) is 40.3 Å². The van der Waals surface area contributed by atoms with Crippen molar-refractivity contribution < 1.29 is 5.11 Å². The summed E-state index contributed by atoms with van der Waals surface area (Å²) in [4.78, 5) is 2.35. The molecule has 2 aromatic rings. The Morgan fingerprint density at radius 3 is 2.80 bits per heavy atom. The van der Waals surface area contributed by atoms with Gasteiger partial charge in [0, 0.05) is 25.5 Å². The van der Waals surface area contributed by atoms with Gasteiger partial charge in [0.05, 0.1) is 12.6 Å². The van der Waals surface area contributed by atoms with Gasteiger partial charge in [-0.3, -0.25) is 4.68 Å². The number of nitrogens with zero attached hydrogens (tertiary/aromatic N) is 3. The van der Waals surface area contributed by atoms with Crippen molar-refractivity contribution in [2.75, 3.05) is 19.6 Å². The van der Waals surface area contributed by atoms with Crippen LogP contribution >= 0.6 is 0 Å². The van der Waals surface area contributed by atoms with E-state index in [1.165, 1.54) is 12.0 Å². The zero-order chi connectivity index (χ0) is 13.8. The second-order valence-corrected chi connectivity index (χ2v) is 5.54. The maximum Gasteiger partial charge on any atom is 0.0862 e. The second kappa shape index (κ2) is 6.20. The lowest BCUT2D eigenvalue weighted by atomic mass is 9.99. The second-order valence-electron chi connectivity index (χ2n) is 5.54. The molecule has 2 heterocycles. The first-order valence-corrected chi connectivity index (χ1v) is 7.24. The number of aliphatic hydroxyl groups is 1. The summed E-state index contributed by atoms with van der Waals surface area (Å²) >= 11 is 0. The molecule has 1 aromatic carbocycles. The number of likely N-dealkylation sites (tertiary alicyclic amines) is 1. The molecule has 0 bridgehead atoms. The van der Waals surface area contributed by atoms with Gasteiger partial charge in [-0.2, -0.15) is 5.10 Å². The third kappa shape index (κ3) is 3.26. The van der Waals surface area contributed by atoms with Crippen LogP contribution < -0.4 is 0 Å². The largest absolute Gasteiger partial charge is 0.390 e. The third-order valence-electron chi connectivity index (χ3n) is 3.97. The van der Waals surface area contributed by atoms with Gasteiger partial charge in [-0.15, -0.1) is 0 Å². The molecule has 0 saturated carbocycles. The van der Waals surface area contributed by atoms with E-state index in [0.717, 1.165) is 19.6 Å². The summed E-state index contributed by atoms with van der Waals surface area (Å²) in [5, 5.41) is 14.3. The smallest absolute Gasteiger partial charge is 0.0862 e. The fraction of sp³-hybridized carbons (Fsp3) is 0.438. The van der Waals surface area contributed by atoms with E-state index < -0.39 is 0 Å². The number of benzene rings is 1. The molecule has 0 spiro atoms. The van der Waals surface area contributed by atoms with Gasteiger partial charge >= 0.3 is 0 Å². The SMILES string of the molecule is O[C@@H](CN1CC[C@@H](c2ccccc2)C1)Cn1cccn1. The Morgan fingerprint density at radius 1 is 1.20 bits per heavy atom. The molecule has 0 unspecified atom stereocenters. The van der Waals surface area contributed by atoms with Crippen molar-refractivity contribution in [2.45, 2.75) is 25.0 Å². The van der Waals surface area contributed by atoms with Gasteiger partial charge in [0.2, 0.25) is 0 Å². The van der Waals surface area contributed by atoms with Gasteiger partial charge in [0.15, 0.2) is 0 Å². The predicted molar refractivity (Wildman–Crippen MR) is 78.5 cm³/mol. The van der Waals surface area contributed by atoms with Gasteiger partial charge in [0.25, 0.3) is 0 Å². The van der Waals surface area contributed by atoms with Crippen molar-refractivity contribution in [1.82, 2.24) is 14.7 Å². The van der Waals surface area contributed by atoms with E-state index in [1.54, 1.807) is 10.9 Å². The molecule has 1 fully saturated rings. The molecular formula is C16H21N3O. The lowest BCUT2D eigenvalue weighted by molar-refractivity contribution is 0.105. The van der Waals surface area contributed by atoms with E-state index in [4.69, 9.17) is 0 Å². The van der Waals surface area contributed by atoms with Crippen LogP contribution in [0.4, 0.5) is 0 Å². The zero-order valence-electron chi connectivity index (χ0n) is 11.6. The quantitative estimate of drug-likeness (QED) is 0.900. The normalized spacial score (nSPS) is 21.1. The number of aromatic nitrogens is 2. The Hall–Kier alpha value is -1.65. The first-order chi connectivity index (χ1) is 9.81. The first-order valence-electron chi connectivity index (χ1n) is 7.24. The fourth-order valence-corrected chi connectivity index (χ4v) is 2.98. The van der Waals surface area contributed by atoms with Gasteiger partial charge in [-0.05, 0) is 30.5 Å². The Balaban J connectivity index is 1.50. The van der Waals surface area contributed by atoms with Crippen LogP contribution in [-0.4, -0.2) is 45.5 Å². The minimum atomic E-state index is -0.357. The molecule has 1 aliphatic heterocycles. The van der Waals surface area contributed by atoms with Crippen molar-refractivity contribution in [2.24, 2.45) is 0 Å². The third-order valence-corrected chi connectivity index (χ3v) is 3.97. The van der Waals surface area contributed by atoms with Crippen LogP contribution in [0.2, 0.25) is 0 Å². The van der Waals surface area contributed by atoms with Crippen molar-refractivity contribution in [3.05, 3.63) is 54.4 Å². The average Bonchev–Trinajstić information content (AvgIpc) is 3.11. The van der Waals surface area contributed by atoms with Crippen LogP contribution in [0, 0.1) is 0 Å². The number of rotatable bonds is 5. The Bertz CT molecular complexity index is 512. The maximum absolute atomic E-state index is 10.1. The van der Waals surface area contributed by atoms with E-state index in [9.17, 15) is 5.11 Å². The highest BCUT2D eigenvalue weighted by Gasteiger charge is 2.25. The maximum atomic E-state index is 10.1. The summed E-state index contributed by atoms with van der Waals surface area (Å²) < 4.78 is 1.79. The molecule has 1 aromatic heterocycles. The van der Waals surface area contributed by atoms with E-state index in [0.29, 0.717) is 12.5 Å². The molecule has 1 N–H and O–H groups in total. The van der Waals surface area contributed by atoms with Crippen molar-refractivity contribution >= 4 is 0 Å². The van der Waals surface area contributed by atoms with Gasteiger partial charge in [-0.25, -0.2) is 0 Å². The van der Waals surface area contributed by atoms with Crippen LogP contribution in [0.1, 0.15) is 17.9 Å². The lowest BCUT2D eigenvalue weighted by Gasteiger charge is -2.20. The number of β-amino-alcohol motifs (C(OH)–C–C–N with tert-alkyl or cyclic N) is 1. The van der Waals surface area contributed by atoms with E-state index in [1.807, 2.05) is 12.3 Å². The Labute approximate surface area is 119 Å². The highest BCUT2D eigenvalue weighted by Crippen LogP contribution is 2.26. The fourth-order valence-electron chi connectivity index (χ4n) is 2.98. The van der Waals surface area contributed by atoms with Crippen molar-refractivity contribution in [1.29, 1.82) is 0 Å². The van der Waals surface area contributed by atoms with E-state index >= 15 is 0 Å². The number of hydrogen-bond donors (Lipinski definition) is 1. The molecule has 2 atom stereocenters. The van der Waals surface area contributed by atoms with Gasteiger partial charge < -0.3 is 10.0 Å². The monoisotopic (exact) mass is 271 g/mol. The van der Waals surface area contributed by atoms with Crippen LogP contribution in [-0.2, 0) is 6.54 Å². The van der Waals surface area contributed by atoms with Crippen molar-refractivity contribution in [3.63, 3.8) is 0 Å². The molecule has 106 valence electrons. The number of aliphatic hydroxyl groups excluding tert-OH is 1. The highest BCUT2D eigenvalue weighted by molar-refractivity contribution is 5.20. The summed E-state index contributed by atoms with van der Waals surface area (Å²) in [6, 6.07) is 12.6. The summed E-state index contributed by atoms with van der Waals surface area (Å²) in [6.07, 6.45) is 4.45. The molecule has 4 heteroatoms. The predicted octanol–water partition coefficient (Wildman–Crippen LogP) is 1.73. The first kappa shape index (κ1) is 13.3. The van der Waals surface area contributed by atoms with E-state index in [-0.39, 0.29) is 6.10 Å². The molecule has 0 radical (unpaired) electrons. The summed E-state index contributed by atoms with van der Waals surface area (Å²) in [7, 11) is 0. The standard InChI is InChI=1S/C16H21N3O/c20-16(13-19-9-4-8-17-19)12-18-10-7-15(11-18)14-5-2-1-3-6-14/h1-6,8-9,15-16,20H,7,10-13H2/t15-,16+/m1/s1. The van der Waals surface area contributed by atoms with Crippen molar-refractivity contribution in [3.8, 4) is 0 Å². The van der Waals surface area contributed by atoms with Gasteiger partial charge in [-0.1, -0.05) is 30.3 Å². The molecule has 3 rings (SSSR count). The molecule has 1 aliphatic rings. The highest BCUT2D eigenvalue weighted by atomic mass is 16.3. The van der Waals surface area contributed by atoms with Crippen LogP contribution in [0.15, 0.2) is 48.8 Å². The topological polar surface area (TPSA) is 41.3 Å². The zero-order valence-corrected chi connectivity index (χ0v) is 11.6. The molecule has 20 heavy (non-hydrogen) atoms.